The van der Waals surface area contributed by atoms with Crippen molar-refractivity contribution >= 4 is 11.0 Å². The predicted molar refractivity (Wildman–Crippen MR) is 111 cm³/mol. The Labute approximate surface area is 160 Å². The highest BCUT2D eigenvalue weighted by Gasteiger charge is 2.12. The number of para-hydroxylation sites is 2. The summed E-state index contributed by atoms with van der Waals surface area (Å²) in [6.07, 6.45) is 0.924. The van der Waals surface area contributed by atoms with Crippen molar-refractivity contribution in [1.29, 1.82) is 0 Å². The lowest BCUT2D eigenvalue weighted by molar-refractivity contribution is 0.301. The molecule has 1 heterocycles. The smallest absolute Gasteiger partial charge is 0.141 e. The van der Waals surface area contributed by atoms with E-state index in [1.807, 2.05) is 18.2 Å². The van der Waals surface area contributed by atoms with Crippen LogP contribution in [0.2, 0.25) is 0 Å². The van der Waals surface area contributed by atoms with Crippen LogP contribution in [-0.2, 0) is 6.54 Å². The molecule has 0 unspecified atom stereocenters. The van der Waals surface area contributed by atoms with E-state index in [-0.39, 0.29) is 0 Å². The third-order valence-electron chi connectivity index (χ3n) is 5.03. The van der Waals surface area contributed by atoms with Gasteiger partial charge in [0.15, 0.2) is 0 Å². The predicted octanol–water partition coefficient (Wildman–Crippen LogP) is 5.79. The van der Waals surface area contributed by atoms with Gasteiger partial charge in [-0.05, 0) is 49.6 Å². The van der Waals surface area contributed by atoms with E-state index in [4.69, 9.17) is 9.72 Å². The van der Waals surface area contributed by atoms with Crippen LogP contribution >= 0.6 is 0 Å². The van der Waals surface area contributed by atoms with Gasteiger partial charge in [0.05, 0.1) is 17.6 Å². The number of aryl methyl sites for hydroxylation is 2. The molecule has 0 aliphatic heterocycles. The number of ether oxygens (including phenoxy) is 1. The fourth-order valence-electron chi connectivity index (χ4n) is 3.39. The SMILES string of the molecule is Cc1cccc(OCCCn2c(-c3ccccc3)nc3ccccc32)c1C. The molecular weight excluding hydrogens is 332 g/mol. The maximum absolute atomic E-state index is 6.04. The van der Waals surface area contributed by atoms with Crippen molar-refractivity contribution in [2.45, 2.75) is 26.8 Å². The monoisotopic (exact) mass is 356 g/mol. The van der Waals surface area contributed by atoms with Crippen molar-refractivity contribution in [3.05, 3.63) is 83.9 Å². The maximum Gasteiger partial charge on any atom is 0.141 e. The average Bonchev–Trinajstić information content (AvgIpc) is 3.08. The Bertz CT molecular complexity index is 1050. The first kappa shape index (κ1) is 17.3. The minimum Gasteiger partial charge on any atom is -0.493 e. The van der Waals surface area contributed by atoms with E-state index in [2.05, 4.69) is 73.0 Å². The minimum atomic E-state index is 0.686. The Balaban J connectivity index is 1.54. The van der Waals surface area contributed by atoms with Gasteiger partial charge in [0, 0.05) is 12.1 Å². The summed E-state index contributed by atoms with van der Waals surface area (Å²) in [7, 11) is 0. The van der Waals surface area contributed by atoms with Crippen LogP contribution in [0.3, 0.4) is 0 Å². The lowest BCUT2D eigenvalue weighted by Crippen LogP contribution is -2.06. The standard InChI is InChI=1S/C24H24N2O/c1-18-10-8-15-23(19(18)2)27-17-9-16-26-22-14-7-6-13-21(22)25-24(26)20-11-4-3-5-12-20/h3-8,10-15H,9,16-17H2,1-2H3. The van der Waals surface area contributed by atoms with Crippen LogP contribution < -0.4 is 4.74 Å². The van der Waals surface area contributed by atoms with E-state index >= 15 is 0 Å². The molecule has 0 saturated carbocycles. The fraction of sp³-hybridized carbons (Fsp3) is 0.208. The fourth-order valence-corrected chi connectivity index (χ4v) is 3.39. The number of imidazole rings is 1. The molecule has 0 aliphatic rings. The van der Waals surface area contributed by atoms with Crippen molar-refractivity contribution in [3.8, 4) is 17.1 Å². The zero-order valence-electron chi connectivity index (χ0n) is 15.9. The van der Waals surface area contributed by atoms with Gasteiger partial charge >= 0.3 is 0 Å². The molecule has 0 fully saturated rings. The second-order valence-electron chi connectivity index (χ2n) is 6.84. The van der Waals surface area contributed by atoms with E-state index in [0.29, 0.717) is 6.61 Å². The average molecular weight is 356 g/mol. The number of aromatic nitrogens is 2. The number of rotatable bonds is 6. The van der Waals surface area contributed by atoms with E-state index < -0.39 is 0 Å². The third-order valence-corrected chi connectivity index (χ3v) is 5.03. The molecule has 3 aromatic carbocycles. The summed E-state index contributed by atoms with van der Waals surface area (Å²) in [5.74, 6) is 2.00. The van der Waals surface area contributed by atoms with Gasteiger partial charge in [-0.25, -0.2) is 4.98 Å². The maximum atomic E-state index is 6.04. The van der Waals surface area contributed by atoms with Gasteiger partial charge in [-0.15, -0.1) is 0 Å². The second-order valence-corrected chi connectivity index (χ2v) is 6.84. The van der Waals surface area contributed by atoms with E-state index in [1.54, 1.807) is 0 Å². The molecule has 4 aromatic rings. The quantitative estimate of drug-likeness (QED) is 0.409. The molecule has 3 nitrogen and oxygen atoms in total. The Kier molecular flexibility index (Phi) is 4.93. The van der Waals surface area contributed by atoms with Gasteiger partial charge in [-0.3, -0.25) is 0 Å². The van der Waals surface area contributed by atoms with Crippen LogP contribution in [0.5, 0.6) is 5.75 Å². The Hall–Kier alpha value is -3.07. The molecule has 0 amide bonds. The normalized spacial score (nSPS) is 11.0. The molecule has 0 radical (unpaired) electrons. The van der Waals surface area contributed by atoms with Crippen LogP contribution in [0, 0.1) is 13.8 Å². The van der Waals surface area contributed by atoms with Crippen molar-refractivity contribution in [2.24, 2.45) is 0 Å². The van der Waals surface area contributed by atoms with Crippen LogP contribution in [0.1, 0.15) is 17.5 Å². The third kappa shape index (κ3) is 3.59. The second kappa shape index (κ2) is 7.67. The number of nitrogens with zero attached hydrogens (tertiary/aromatic N) is 2. The van der Waals surface area contributed by atoms with E-state index in [9.17, 15) is 0 Å². The highest BCUT2D eigenvalue weighted by Crippen LogP contribution is 2.25. The van der Waals surface area contributed by atoms with Gasteiger partial charge in [0.25, 0.3) is 0 Å². The molecule has 0 atom stereocenters. The summed E-state index contributed by atoms with van der Waals surface area (Å²) in [6.45, 7) is 5.79. The number of benzene rings is 3. The molecule has 4 rings (SSSR count). The Morgan fingerprint density at radius 1 is 0.852 bits per heavy atom. The van der Waals surface area contributed by atoms with Crippen molar-refractivity contribution in [1.82, 2.24) is 9.55 Å². The number of hydrogen-bond donors (Lipinski definition) is 0. The summed E-state index contributed by atoms with van der Waals surface area (Å²) >= 11 is 0. The van der Waals surface area contributed by atoms with Crippen molar-refractivity contribution in [3.63, 3.8) is 0 Å². The van der Waals surface area contributed by atoms with Gasteiger partial charge in [0.2, 0.25) is 0 Å². The first-order valence-corrected chi connectivity index (χ1v) is 9.44. The summed E-state index contributed by atoms with van der Waals surface area (Å²) in [5, 5.41) is 0. The molecule has 0 spiro atoms. The van der Waals surface area contributed by atoms with Gasteiger partial charge < -0.3 is 9.30 Å². The van der Waals surface area contributed by atoms with Crippen LogP contribution in [0.4, 0.5) is 0 Å². The molecule has 3 heteroatoms. The molecule has 0 bridgehead atoms. The van der Waals surface area contributed by atoms with Crippen molar-refractivity contribution in [2.75, 3.05) is 6.61 Å². The van der Waals surface area contributed by atoms with E-state index in [1.165, 1.54) is 16.6 Å². The Morgan fingerprint density at radius 2 is 1.63 bits per heavy atom. The molecular formula is C24H24N2O. The summed E-state index contributed by atoms with van der Waals surface area (Å²) in [5.41, 5.74) is 5.83. The van der Waals surface area contributed by atoms with Gasteiger partial charge in [-0.1, -0.05) is 54.6 Å². The zero-order valence-corrected chi connectivity index (χ0v) is 15.9. The zero-order chi connectivity index (χ0) is 18.6. The van der Waals surface area contributed by atoms with Gasteiger partial charge in [-0.2, -0.15) is 0 Å². The van der Waals surface area contributed by atoms with Gasteiger partial charge in [0.1, 0.15) is 11.6 Å². The highest BCUT2D eigenvalue weighted by molar-refractivity contribution is 5.80. The minimum absolute atomic E-state index is 0.686. The molecule has 0 saturated heterocycles. The lowest BCUT2D eigenvalue weighted by atomic mass is 10.1. The highest BCUT2D eigenvalue weighted by atomic mass is 16.5. The molecule has 0 N–H and O–H groups in total. The largest absolute Gasteiger partial charge is 0.493 e. The Morgan fingerprint density at radius 3 is 2.48 bits per heavy atom. The first-order valence-electron chi connectivity index (χ1n) is 9.44. The lowest BCUT2D eigenvalue weighted by Gasteiger charge is -2.12. The molecule has 1 aromatic heterocycles. The van der Waals surface area contributed by atoms with Crippen LogP contribution in [0.25, 0.3) is 22.4 Å². The van der Waals surface area contributed by atoms with Crippen molar-refractivity contribution < 1.29 is 4.74 Å². The molecule has 27 heavy (non-hydrogen) atoms. The number of fused-ring (bicyclic) bond motifs is 1. The number of hydrogen-bond acceptors (Lipinski definition) is 2. The summed E-state index contributed by atoms with van der Waals surface area (Å²) < 4.78 is 8.34. The topological polar surface area (TPSA) is 27.1 Å². The van der Waals surface area contributed by atoms with Crippen LogP contribution in [0.15, 0.2) is 72.8 Å². The summed E-state index contributed by atoms with van der Waals surface area (Å²) in [4.78, 5) is 4.87. The molecule has 136 valence electrons. The summed E-state index contributed by atoms with van der Waals surface area (Å²) in [6, 6.07) is 24.9. The first-order chi connectivity index (χ1) is 13.2. The molecule has 0 aliphatic carbocycles. The van der Waals surface area contributed by atoms with E-state index in [0.717, 1.165) is 35.6 Å². The van der Waals surface area contributed by atoms with Crippen LogP contribution in [-0.4, -0.2) is 16.2 Å².